The first kappa shape index (κ1) is 29.1. The van der Waals surface area contributed by atoms with Crippen molar-refractivity contribution in [1.29, 1.82) is 0 Å². The van der Waals surface area contributed by atoms with Crippen LogP contribution in [0.5, 0.6) is 0 Å². The van der Waals surface area contributed by atoms with Crippen molar-refractivity contribution in [2.75, 3.05) is 24.6 Å². The van der Waals surface area contributed by atoms with E-state index >= 15 is 0 Å². The van der Waals surface area contributed by atoms with Crippen molar-refractivity contribution >= 4 is 25.2 Å². The van der Waals surface area contributed by atoms with Crippen LogP contribution in [0.25, 0.3) is 0 Å². The minimum absolute atomic E-state index is 0. The number of halogens is 1. The summed E-state index contributed by atoms with van der Waals surface area (Å²) in [5.74, 6) is -0.125. The number of unbranched alkanes of at least 4 members (excludes halogenated alkanes) is 7. The van der Waals surface area contributed by atoms with Gasteiger partial charge in [0, 0.05) is 0 Å². The fourth-order valence-corrected chi connectivity index (χ4v) is 10.7. The first-order valence-electron chi connectivity index (χ1n) is 11.3. The molecule has 0 radical (unpaired) electrons. The van der Waals surface area contributed by atoms with Gasteiger partial charge in [0.25, 0.3) is 0 Å². The van der Waals surface area contributed by atoms with Crippen LogP contribution in [0.3, 0.4) is 0 Å². The predicted molar refractivity (Wildman–Crippen MR) is 128 cm³/mol. The second-order valence-electron chi connectivity index (χ2n) is 8.39. The normalized spacial score (nSPS) is 12.7. The topological polar surface area (TPSA) is 26.3 Å². The Balaban J connectivity index is 0. The molecule has 0 aromatic rings. The maximum absolute atomic E-state index is 12.7. The molecule has 0 fully saturated rings. The monoisotopic (exact) mass is 422 g/mol. The molecule has 0 heterocycles. The average Bonchev–Trinajstić information content (AvgIpc) is 2.63. The van der Waals surface area contributed by atoms with Gasteiger partial charge in [0.15, 0.2) is 0 Å². The Labute approximate surface area is 176 Å². The third-order valence-corrected chi connectivity index (χ3v) is 12.2. The molecule has 0 aliphatic heterocycles. The second kappa shape index (κ2) is 15.8. The molecule has 0 spiro atoms. The van der Waals surface area contributed by atoms with E-state index in [1.165, 1.54) is 70.6 Å². The summed E-state index contributed by atoms with van der Waals surface area (Å²) in [7, 11) is 0. The van der Waals surface area contributed by atoms with E-state index < -0.39 is 6.83 Å². The van der Waals surface area contributed by atoms with Gasteiger partial charge < -0.3 is 0 Å². The summed E-state index contributed by atoms with van der Waals surface area (Å²) in [4.78, 5) is 12.7. The molecule has 2 nitrogen and oxygen atoms in total. The smallest absolute Gasteiger partial charge is 0.147 e. The summed E-state index contributed by atoms with van der Waals surface area (Å²) in [5, 5.41) is 0. The zero-order chi connectivity index (χ0) is 19.9. The molecule has 0 bridgehead atoms. The molecule has 0 aliphatic carbocycles. The third-order valence-electron chi connectivity index (χ3n) is 5.75. The fraction of sp³-hybridized carbons (Fsp3) is 0.870. The van der Waals surface area contributed by atoms with E-state index in [0.29, 0.717) is 5.57 Å². The van der Waals surface area contributed by atoms with Crippen molar-refractivity contribution in [3.63, 3.8) is 0 Å². The van der Waals surface area contributed by atoms with Gasteiger partial charge in [-0.2, -0.15) is 0 Å². The van der Waals surface area contributed by atoms with Crippen molar-refractivity contribution in [2.24, 2.45) is 0 Å². The summed E-state index contributed by atoms with van der Waals surface area (Å²) in [5.41, 5.74) is 0.564. The minimum Gasteiger partial charge on any atom is -0.147 e. The molecular weight excluding hydrogens is 375 g/mol. The molecule has 4 heteroatoms. The molecule has 0 aromatic heterocycles. The molecule has 0 unspecified atom stereocenters. The molecule has 0 saturated carbocycles. The van der Waals surface area contributed by atoms with E-state index in [4.69, 9.17) is 4.52 Å². The third kappa shape index (κ3) is 10.9. The van der Waals surface area contributed by atoms with Gasteiger partial charge in [0.2, 0.25) is 0 Å². The Morgan fingerprint density at radius 3 is 1.44 bits per heavy atom. The summed E-state index contributed by atoms with van der Waals surface area (Å²) < 4.78 is 6.59. The quantitative estimate of drug-likeness (QED) is 0.134. The van der Waals surface area contributed by atoms with Crippen molar-refractivity contribution in [3.8, 4) is 0 Å². The molecule has 0 N–H and O–H groups in total. The molecule has 27 heavy (non-hydrogen) atoms. The van der Waals surface area contributed by atoms with Gasteiger partial charge in [0.1, 0.15) is 0 Å². The summed E-state index contributed by atoms with van der Waals surface area (Å²) in [6.07, 6.45) is 18.0. The number of carbonyl (C=O) groups is 1. The largest absolute Gasteiger partial charge is 0.147 e. The van der Waals surface area contributed by atoms with Gasteiger partial charge in [-0.05, 0) is 0 Å². The molecule has 0 rings (SSSR count). The van der Waals surface area contributed by atoms with E-state index in [2.05, 4.69) is 34.3 Å². The van der Waals surface area contributed by atoms with E-state index in [-0.39, 0.29) is 18.4 Å². The van der Waals surface area contributed by atoms with Crippen LogP contribution in [0.1, 0.15) is 105 Å². The Morgan fingerprint density at radius 2 is 1.07 bits per heavy atom. The predicted octanol–water partition coefficient (Wildman–Crippen LogP) is 8.37. The van der Waals surface area contributed by atoms with Crippen LogP contribution < -0.4 is 0 Å². The Kier molecular flexibility index (Phi) is 17.1. The molecule has 0 aromatic carbocycles. The number of hydrogen-bond acceptors (Lipinski definition) is 2. The first-order valence-corrected chi connectivity index (χ1v) is 14.2. The standard InChI is InChI=1S/C23H47O2P.ClH/c1-7-11-15-16-17-21-26(18-12-8-2,19-13-9-3,20-14-10-4)25-23(24)22(5)6;/h5,7-21H2,1-4,6H3;1H. The van der Waals surface area contributed by atoms with Crippen molar-refractivity contribution < 1.29 is 9.32 Å². The van der Waals surface area contributed by atoms with Crippen molar-refractivity contribution in [2.45, 2.75) is 105 Å². The van der Waals surface area contributed by atoms with E-state index in [1.54, 1.807) is 6.92 Å². The first-order chi connectivity index (χ1) is 12.4. The number of rotatable bonds is 17. The van der Waals surface area contributed by atoms with Crippen LogP contribution in [0.4, 0.5) is 0 Å². The SMILES string of the molecule is C=C(C)C(=O)OP(CCCC)(CCCC)(CCCC)CCCCCCC.Cl. The second-order valence-corrected chi connectivity index (χ2v) is 14.1. The van der Waals surface area contributed by atoms with E-state index in [9.17, 15) is 4.79 Å². The van der Waals surface area contributed by atoms with Crippen LogP contribution in [0, 0.1) is 0 Å². The molecule has 0 saturated heterocycles. The Hall–Kier alpha value is -0.0700. The van der Waals surface area contributed by atoms with E-state index in [0.717, 1.165) is 24.6 Å². The van der Waals surface area contributed by atoms with Gasteiger partial charge in [-0.25, -0.2) is 0 Å². The van der Waals surface area contributed by atoms with Gasteiger partial charge in [-0.3, -0.25) is 0 Å². The van der Waals surface area contributed by atoms with Gasteiger partial charge in [-0.15, -0.1) is 12.4 Å². The van der Waals surface area contributed by atoms with Gasteiger partial charge >= 0.3 is 164 Å². The average molecular weight is 423 g/mol. The fourth-order valence-electron chi connectivity index (χ4n) is 3.96. The molecular formula is C23H48ClO2P. The van der Waals surface area contributed by atoms with Crippen molar-refractivity contribution in [3.05, 3.63) is 12.2 Å². The zero-order valence-electron chi connectivity index (χ0n) is 19.0. The Bertz CT molecular complexity index is 385. The van der Waals surface area contributed by atoms with Gasteiger partial charge in [0.05, 0.1) is 0 Å². The Morgan fingerprint density at radius 1 is 0.704 bits per heavy atom. The number of carbonyl (C=O) groups excluding carboxylic acids is 1. The summed E-state index contributed by atoms with van der Waals surface area (Å²) >= 11 is 0. The zero-order valence-corrected chi connectivity index (χ0v) is 20.7. The summed E-state index contributed by atoms with van der Waals surface area (Å²) in [6.45, 7) is 12.2. The van der Waals surface area contributed by atoms with Crippen LogP contribution >= 0.6 is 19.2 Å². The van der Waals surface area contributed by atoms with Crippen LogP contribution in [0.15, 0.2) is 12.2 Å². The maximum atomic E-state index is 12.7. The molecule has 0 amide bonds. The van der Waals surface area contributed by atoms with Crippen molar-refractivity contribution in [1.82, 2.24) is 0 Å². The maximum Gasteiger partial charge on any atom is -0.147 e. The molecule has 164 valence electrons. The van der Waals surface area contributed by atoms with E-state index in [1.807, 2.05) is 0 Å². The van der Waals surface area contributed by atoms with Crippen LogP contribution in [-0.4, -0.2) is 30.6 Å². The number of hydrogen-bond donors (Lipinski definition) is 0. The van der Waals surface area contributed by atoms with Gasteiger partial charge in [-0.1, -0.05) is 0 Å². The molecule has 0 aliphatic rings. The van der Waals surface area contributed by atoms with Crippen LogP contribution in [-0.2, 0) is 9.32 Å². The molecule has 0 atom stereocenters. The minimum atomic E-state index is -2.50. The van der Waals surface area contributed by atoms with Crippen LogP contribution in [0.2, 0.25) is 0 Å². The summed E-state index contributed by atoms with van der Waals surface area (Å²) in [6, 6.07) is 0.